The molecular weight excluding hydrogens is 124 g/mol. The Hall–Kier alpha value is -0.590. The van der Waals surface area contributed by atoms with Gasteiger partial charge in [0.15, 0.2) is 0 Å². The van der Waals surface area contributed by atoms with Crippen molar-refractivity contribution >= 4 is 6.29 Å². The van der Waals surface area contributed by atoms with Gasteiger partial charge >= 0.3 is 0 Å². The molecule has 3 aliphatic carbocycles. The zero-order valence-electron chi connectivity index (χ0n) is 5.79. The maximum Gasteiger partial charge on any atom is 0.123 e. The molecule has 10 heavy (non-hydrogen) atoms. The van der Waals surface area contributed by atoms with E-state index in [-0.39, 0.29) is 0 Å². The van der Waals surface area contributed by atoms with E-state index >= 15 is 0 Å². The molecule has 1 heteroatoms. The van der Waals surface area contributed by atoms with Crippen molar-refractivity contribution in [2.75, 3.05) is 0 Å². The van der Waals surface area contributed by atoms with Gasteiger partial charge in [-0.3, -0.25) is 0 Å². The summed E-state index contributed by atoms with van der Waals surface area (Å²) in [6.07, 6.45) is 8.27. The van der Waals surface area contributed by atoms with Crippen molar-refractivity contribution in [2.24, 2.45) is 23.2 Å². The first-order valence-electron chi connectivity index (χ1n) is 4.00. The average molecular weight is 134 g/mol. The highest BCUT2D eigenvalue weighted by Crippen LogP contribution is 2.74. The van der Waals surface area contributed by atoms with Crippen LogP contribution in [0.5, 0.6) is 0 Å². The highest BCUT2D eigenvalue weighted by molar-refractivity contribution is 5.60. The number of allylic oxidation sites excluding steroid dienone is 2. The van der Waals surface area contributed by atoms with E-state index in [1.807, 2.05) is 0 Å². The third-order valence-corrected chi connectivity index (χ3v) is 3.64. The largest absolute Gasteiger partial charge is 0.303 e. The Morgan fingerprint density at radius 3 is 2.90 bits per heavy atom. The van der Waals surface area contributed by atoms with Crippen LogP contribution in [0.2, 0.25) is 0 Å². The molecular formula is C9H10O. The predicted octanol–water partition coefficient (Wildman–Crippen LogP) is 1.40. The molecule has 2 saturated carbocycles. The molecule has 1 spiro atoms. The van der Waals surface area contributed by atoms with Gasteiger partial charge < -0.3 is 4.79 Å². The van der Waals surface area contributed by atoms with Crippen LogP contribution in [-0.4, -0.2) is 6.29 Å². The Balaban J connectivity index is 1.94. The van der Waals surface area contributed by atoms with Crippen molar-refractivity contribution in [2.45, 2.75) is 12.8 Å². The fourth-order valence-electron chi connectivity index (χ4n) is 2.92. The fourth-order valence-corrected chi connectivity index (χ4v) is 2.92. The summed E-state index contributed by atoms with van der Waals surface area (Å²) in [7, 11) is 0. The molecule has 0 radical (unpaired) electrons. The van der Waals surface area contributed by atoms with Crippen LogP contribution in [0.25, 0.3) is 0 Å². The van der Waals surface area contributed by atoms with E-state index in [4.69, 9.17) is 0 Å². The Morgan fingerprint density at radius 1 is 1.40 bits per heavy atom. The summed E-state index contributed by atoms with van der Waals surface area (Å²) in [6, 6.07) is 0. The monoisotopic (exact) mass is 134 g/mol. The SMILES string of the molecule is O=CC1CC23CC2C=CC13. The van der Waals surface area contributed by atoms with Crippen molar-refractivity contribution in [1.82, 2.24) is 0 Å². The molecule has 0 amide bonds. The Labute approximate surface area is 60.1 Å². The molecule has 0 aromatic carbocycles. The van der Waals surface area contributed by atoms with Gasteiger partial charge in [-0.15, -0.1) is 0 Å². The third-order valence-electron chi connectivity index (χ3n) is 3.64. The lowest BCUT2D eigenvalue weighted by atomic mass is 9.63. The first-order valence-corrected chi connectivity index (χ1v) is 4.00. The van der Waals surface area contributed by atoms with Gasteiger partial charge in [0.2, 0.25) is 0 Å². The number of carbonyl (C=O) groups is 1. The van der Waals surface area contributed by atoms with Crippen LogP contribution in [0.3, 0.4) is 0 Å². The molecule has 4 atom stereocenters. The van der Waals surface area contributed by atoms with E-state index in [1.54, 1.807) is 0 Å². The van der Waals surface area contributed by atoms with Gasteiger partial charge in [-0.05, 0) is 30.1 Å². The molecule has 0 N–H and O–H groups in total. The second-order valence-electron chi connectivity index (χ2n) is 3.96. The molecule has 0 aliphatic heterocycles. The minimum absolute atomic E-state index is 0.378. The van der Waals surface area contributed by atoms with Gasteiger partial charge in [0.05, 0.1) is 0 Å². The van der Waals surface area contributed by atoms with Crippen LogP contribution >= 0.6 is 0 Å². The van der Waals surface area contributed by atoms with Crippen molar-refractivity contribution < 1.29 is 4.79 Å². The van der Waals surface area contributed by atoms with E-state index in [9.17, 15) is 4.79 Å². The number of rotatable bonds is 1. The molecule has 52 valence electrons. The smallest absolute Gasteiger partial charge is 0.123 e. The molecule has 3 rings (SSSR count). The average Bonchev–Trinajstić information content (AvgIpc) is 2.55. The van der Waals surface area contributed by atoms with Crippen LogP contribution in [0.15, 0.2) is 12.2 Å². The van der Waals surface area contributed by atoms with Gasteiger partial charge in [0.1, 0.15) is 6.29 Å². The highest BCUT2D eigenvalue weighted by atomic mass is 16.1. The lowest BCUT2D eigenvalue weighted by molar-refractivity contribution is -0.117. The lowest BCUT2D eigenvalue weighted by Gasteiger charge is -2.39. The number of carbonyl (C=O) groups excluding carboxylic acids is 1. The van der Waals surface area contributed by atoms with Crippen LogP contribution in [0.4, 0.5) is 0 Å². The first kappa shape index (κ1) is 5.11. The molecule has 0 heterocycles. The lowest BCUT2D eigenvalue weighted by Crippen LogP contribution is -2.37. The number of aldehydes is 1. The van der Waals surface area contributed by atoms with E-state index in [2.05, 4.69) is 12.2 Å². The minimum Gasteiger partial charge on any atom is -0.303 e. The standard InChI is InChI=1S/C9H10O/c10-5-6-3-9-4-7(9)1-2-8(6)9/h1-2,5-8H,3-4H2. The molecule has 0 aromatic heterocycles. The molecule has 3 aliphatic rings. The Kier molecular flexibility index (Phi) is 0.627. The summed E-state index contributed by atoms with van der Waals surface area (Å²) in [6.45, 7) is 0. The van der Waals surface area contributed by atoms with Crippen LogP contribution in [-0.2, 0) is 4.79 Å². The van der Waals surface area contributed by atoms with Gasteiger partial charge in [-0.25, -0.2) is 0 Å². The molecule has 0 bridgehead atoms. The zero-order valence-corrected chi connectivity index (χ0v) is 5.79. The summed E-state index contributed by atoms with van der Waals surface area (Å²) in [4.78, 5) is 10.5. The topological polar surface area (TPSA) is 17.1 Å². The second kappa shape index (κ2) is 1.23. The number of hydrogen-bond donors (Lipinski definition) is 0. The zero-order chi connectivity index (χ0) is 6.77. The maximum atomic E-state index is 10.5. The summed E-state index contributed by atoms with van der Waals surface area (Å²) in [5.41, 5.74) is 0.631. The van der Waals surface area contributed by atoms with Crippen LogP contribution < -0.4 is 0 Å². The maximum absolute atomic E-state index is 10.5. The fraction of sp³-hybridized carbons (Fsp3) is 0.667. The predicted molar refractivity (Wildman–Crippen MR) is 37.3 cm³/mol. The molecule has 1 nitrogen and oxygen atoms in total. The number of hydrogen-bond acceptors (Lipinski definition) is 1. The quantitative estimate of drug-likeness (QED) is 0.391. The first-order chi connectivity index (χ1) is 4.87. The van der Waals surface area contributed by atoms with E-state index in [1.165, 1.54) is 12.8 Å². The van der Waals surface area contributed by atoms with Crippen LogP contribution in [0, 0.1) is 23.2 Å². The highest BCUT2D eigenvalue weighted by Gasteiger charge is 2.68. The Bertz CT molecular complexity index is 231. The van der Waals surface area contributed by atoms with Crippen molar-refractivity contribution in [3.63, 3.8) is 0 Å². The second-order valence-corrected chi connectivity index (χ2v) is 3.96. The van der Waals surface area contributed by atoms with Crippen molar-refractivity contribution in [1.29, 1.82) is 0 Å². The van der Waals surface area contributed by atoms with E-state index in [0.29, 0.717) is 17.3 Å². The van der Waals surface area contributed by atoms with Gasteiger partial charge in [-0.1, -0.05) is 12.2 Å². The summed E-state index contributed by atoms with van der Waals surface area (Å²) in [5.74, 6) is 1.90. The van der Waals surface area contributed by atoms with Gasteiger partial charge in [0.25, 0.3) is 0 Å². The van der Waals surface area contributed by atoms with Crippen LogP contribution in [0.1, 0.15) is 12.8 Å². The summed E-state index contributed by atoms with van der Waals surface area (Å²) < 4.78 is 0. The third kappa shape index (κ3) is 0.329. The van der Waals surface area contributed by atoms with E-state index < -0.39 is 0 Å². The molecule has 4 unspecified atom stereocenters. The molecule has 2 fully saturated rings. The Morgan fingerprint density at radius 2 is 2.30 bits per heavy atom. The normalized spacial score (nSPS) is 60.6. The van der Waals surface area contributed by atoms with Gasteiger partial charge in [0, 0.05) is 5.92 Å². The van der Waals surface area contributed by atoms with Crippen molar-refractivity contribution in [3.05, 3.63) is 12.2 Å². The molecule has 0 saturated heterocycles. The van der Waals surface area contributed by atoms with E-state index in [0.717, 1.165) is 12.2 Å². The summed E-state index contributed by atoms with van der Waals surface area (Å²) in [5, 5.41) is 0. The van der Waals surface area contributed by atoms with Gasteiger partial charge in [-0.2, -0.15) is 0 Å². The summed E-state index contributed by atoms with van der Waals surface area (Å²) >= 11 is 0. The minimum atomic E-state index is 0.378. The molecule has 0 aromatic rings. The van der Waals surface area contributed by atoms with Crippen molar-refractivity contribution in [3.8, 4) is 0 Å².